The first-order chi connectivity index (χ1) is 21.3. The third-order valence-corrected chi connectivity index (χ3v) is 10.6. The topological polar surface area (TPSA) is 0 Å². The standard InChI is InChI=1S/C43H34/c1-3-17-35-29(11-1)13-7-19-37(35)39-21-9-15-31-25-33(27-41(31)39)43(23-5-6-24-43)34-26-32-16-10-22-40(42(32)28-34)38-20-8-14-30-12-2-4-18-36(30)38/h1-4,7-22,27-28H,5-6,23-26H2. The summed E-state index contributed by atoms with van der Waals surface area (Å²) in [6, 6.07) is 45.1. The van der Waals surface area contributed by atoms with Crippen LogP contribution in [0.2, 0.25) is 0 Å². The Balaban J connectivity index is 1.16. The van der Waals surface area contributed by atoms with E-state index in [1.165, 1.54) is 91.7 Å². The largest absolute Gasteiger partial charge is 0.0616 e. The molecule has 0 heterocycles. The minimum Gasteiger partial charge on any atom is -0.0616 e. The second kappa shape index (κ2) is 9.68. The summed E-state index contributed by atoms with van der Waals surface area (Å²) in [7, 11) is 0. The summed E-state index contributed by atoms with van der Waals surface area (Å²) in [5.74, 6) is 0. The van der Waals surface area contributed by atoms with Crippen molar-refractivity contribution >= 4 is 33.7 Å². The molecule has 0 bridgehead atoms. The van der Waals surface area contributed by atoms with Crippen LogP contribution in [0.4, 0.5) is 0 Å². The maximum absolute atomic E-state index is 2.60. The van der Waals surface area contributed by atoms with E-state index in [1.54, 1.807) is 11.1 Å². The van der Waals surface area contributed by atoms with Gasteiger partial charge in [-0.1, -0.05) is 157 Å². The highest BCUT2D eigenvalue weighted by Crippen LogP contribution is 2.57. The first kappa shape index (κ1) is 24.9. The lowest BCUT2D eigenvalue weighted by atomic mass is 9.71. The summed E-state index contributed by atoms with van der Waals surface area (Å²) in [5, 5.41) is 5.29. The fourth-order valence-corrected chi connectivity index (χ4v) is 8.57. The lowest BCUT2D eigenvalue weighted by Gasteiger charge is -2.33. The van der Waals surface area contributed by atoms with Crippen LogP contribution < -0.4 is 0 Å². The zero-order valence-corrected chi connectivity index (χ0v) is 24.4. The van der Waals surface area contributed by atoms with Crippen molar-refractivity contribution in [2.24, 2.45) is 5.41 Å². The molecule has 1 fully saturated rings. The van der Waals surface area contributed by atoms with Gasteiger partial charge in [0.15, 0.2) is 0 Å². The Morgan fingerprint density at radius 3 is 1.33 bits per heavy atom. The SMILES string of the molecule is C1=C(C2(C3=Cc4c(cccc4-c4cccc5ccccc45)C3)CCCC2)Cc2cccc(-c3cccc4ccccc34)c21. The van der Waals surface area contributed by atoms with Gasteiger partial charge < -0.3 is 0 Å². The minimum absolute atomic E-state index is 0.157. The molecule has 6 aromatic rings. The van der Waals surface area contributed by atoms with E-state index in [2.05, 4.69) is 133 Å². The van der Waals surface area contributed by atoms with E-state index in [1.807, 2.05) is 0 Å². The van der Waals surface area contributed by atoms with Crippen molar-refractivity contribution in [1.29, 1.82) is 0 Å². The van der Waals surface area contributed by atoms with Crippen LogP contribution in [0.3, 0.4) is 0 Å². The van der Waals surface area contributed by atoms with Crippen molar-refractivity contribution in [2.75, 3.05) is 0 Å². The van der Waals surface area contributed by atoms with Crippen LogP contribution in [0.1, 0.15) is 47.9 Å². The number of benzene rings is 6. The molecule has 0 aliphatic heterocycles. The molecule has 0 unspecified atom stereocenters. The normalized spacial score (nSPS) is 16.7. The predicted octanol–water partition coefficient (Wildman–Crippen LogP) is 11.5. The molecule has 206 valence electrons. The van der Waals surface area contributed by atoms with Crippen LogP contribution in [0.5, 0.6) is 0 Å². The van der Waals surface area contributed by atoms with Gasteiger partial charge in [0, 0.05) is 5.41 Å². The Kier molecular flexibility index (Phi) is 5.60. The molecule has 1 saturated carbocycles. The Hall–Kier alpha value is -4.68. The van der Waals surface area contributed by atoms with Gasteiger partial charge in [0.1, 0.15) is 0 Å². The van der Waals surface area contributed by atoms with E-state index < -0.39 is 0 Å². The number of allylic oxidation sites excluding steroid dienone is 2. The van der Waals surface area contributed by atoms with Crippen LogP contribution in [-0.4, -0.2) is 0 Å². The number of fused-ring (bicyclic) bond motifs is 4. The molecule has 6 aromatic carbocycles. The Morgan fingerprint density at radius 2 is 0.814 bits per heavy atom. The summed E-state index contributed by atoms with van der Waals surface area (Å²) in [4.78, 5) is 0. The Morgan fingerprint density at radius 1 is 0.395 bits per heavy atom. The molecule has 0 spiro atoms. The monoisotopic (exact) mass is 550 g/mol. The molecule has 0 nitrogen and oxygen atoms in total. The van der Waals surface area contributed by atoms with Gasteiger partial charge in [0.2, 0.25) is 0 Å². The zero-order chi connectivity index (χ0) is 28.4. The number of rotatable bonds is 4. The van der Waals surface area contributed by atoms with Crippen molar-refractivity contribution < 1.29 is 0 Å². The van der Waals surface area contributed by atoms with E-state index in [0.29, 0.717) is 0 Å². The fourth-order valence-electron chi connectivity index (χ4n) is 8.57. The smallest absolute Gasteiger partial charge is 0.0134 e. The van der Waals surface area contributed by atoms with Gasteiger partial charge >= 0.3 is 0 Å². The van der Waals surface area contributed by atoms with Gasteiger partial charge in [0.25, 0.3) is 0 Å². The molecule has 3 aliphatic carbocycles. The van der Waals surface area contributed by atoms with Crippen LogP contribution in [0.25, 0.3) is 56.0 Å². The molecule has 0 atom stereocenters. The molecule has 9 rings (SSSR count). The van der Waals surface area contributed by atoms with Crippen molar-refractivity contribution in [3.63, 3.8) is 0 Å². The second-order valence-electron chi connectivity index (χ2n) is 12.8. The van der Waals surface area contributed by atoms with Crippen molar-refractivity contribution in [2.45, 2.75) is 38.5 Å². The average Bonchev–Trinajstić information content (AvgIpc) is 3.83. The van der Waals surface area contributed by atoms with E-state index >= 15 is 0 Å². The van der Waals surface area contributed by atoms with E-state index in [0.717, 1.165) is 12.8 Å². The minimum atomic E-state index is 0.157. The Bertz CT molecular complexity index is 1970. The highest BCUT2D eigenvalue weighted by atomic mass is 14.5. The third kappa shape index (κ3) is 3.83. The van der Waals surface area contributed by atoms with Gasteiger partial charge in [0.05, 0.1) is 0 Å². The summed E-state index contributed by atoms with van der Waals surface area (Å²) in [5.41, 5.74) is 14.7. The summed E-state index contributed by atoms with van der Waals surface area (Å²) < 4.78 is 0. The first-order valence-corrected chi connectivity index (χ1v) is 15.9. The fraction of sp³-hybridized carbons (Fsp3) is 0.163. The molecule has 0 heteroatoms. The molecule has 3 aliphatic rings. The van der Waals surface area contributed by atoms with Gasteiger partial charge in [-0.25, -0.2) is 0 Å². The van der Waals surface area contributed by atoms with Crippen molar-refractivity contribution in [3.8, 4) is 22.3 Å². The van der Waals surface area contributed by atoms with Gasteiger partial charge in [-0.3, -0.25) is 0 Å². The van der Waals surface area contributed by atoms with E-state index in [4.69, 9.17) is 0 Å². The average molecular weight is 551 g/mol. The lowest BCUT2D eigenvalue weighted by molar-refractivity contribution is 0.437. The molecule has 43 heavy (non-hydrogen) atoms. The molecular weight excluding hydrogens is 516 g/mol. The maximum Gasteiger partial charge on any atom is 0.0134 e. The van der Waals surface area contributed by atoms with Crippen LogP contribution in [-0.2, 0) is 12.8 Å². The molecular formula is C43H34. The lowest BCUT2D eigenvalue weighted by Crippen LogP contribution is -2.22. The van der Waals surface area contributed by atoms with Gasteiger partial charge in [-0.2, -0.15) is 0 Å². The molecule has 0 N–H and O–H groups in total. The third-order valence-electron chi connectivity index (χ3n) is 10.6. The highest BCUT2D eigenvalue weighted by Gasteiger charge is 2.43. The van der Waals surface area contributed by atoms with Crippen LogP contribution in [0.15, 0.2) is 132 Å². The summed E-state index contributed by atoms with van der Waals surface area (Å²) in [6.07, 6.45) is 12.5. The van der Waals surface area contributed by atoms with Crippen molar-refractivity contribution in [3.05, 3.63) is 155 Å². The number of hydrogen-bond donors (Lipinski definition) is 0. The highest BCUT2D eigenvalue weighted by molar-refractivity contribution is 6.00. The second-order valence-corrected chi connectivity index (χ2v) is 12.8. The van der Waals surface area contributed by atoms with Crippen LogP contribution in [0, 0.1) is 5.41 Å². The predicted molar refractivity (Wildman–Crippen MR) is 183 cm³/mol. The van der Waals surface area contributed by atoms with Gasteiger partial charge in [-0.05, 0) is 91.7 Å². The number of hydrogen-bond acceptors (Lipinski definition) is 0. The Labute approximate surface area is 254 Å². The van der Waals surface area contributed by atoms with Crippen molar-refractivity contribution in [1.82, 2.24) is 0 Å². The van der Waals surface area contributed by atoms with E-state index in [9.17, 15) is 0 Å². The van der Waals surface area contributed by atoms with E-state index in [-0.39, 0.29) is 5.41 Å². The summed E-state index contributed by atoms with van der Waals surface area (Å²) in [6.45, 7) is 0. The molecule has 0 aromatic heterocycles. The quantitative estimate of drug-likeness (QED) is 0.205. The zero-order valence-electron chi connectivity index (χ0n) is 24.4. The summed E-state index contributed by atoms with van der Waals surface area (Å²) >= 11 is 0. The molecule has 0 radical (unpaired) electrons. The molecule has 0 amide bonds. The molecule has 0 saturated heterocycles. The van der Waals surface area contributed by atoms with Gasteiger partial charge in [-0.15, -0.1) is 0 Å². The first-order valence-electron chi connectivity index (χ1n) is 15.9. The maximum atomic E-state index is 2.60. The van der Waals surface area contributed by atoms with Crippen LogP contribution >= 0.6 is 0 Å².